The lowest BCUT2D eigenvalue weighted by Crippen LogP contribution is -2.56. The van der Waals surface area contributed by atoms with Gasteiger partial charge in [0, 0.05) is 72.6 Å². The van der Waals surface area contributed by atoms with E-state index in [0.29, 0.717) is 44.6 Å². The highest BCUT2D eigenvalue weighted by Crippen LogP contribution is 2.35. The smallest absolute Gasteiger partial charge is 0.289 e. The molecule has 3 aliphatic heterocycles. The number of likely N-dealkylation sites (N-methyl/N-ethyl adjacent to an activating group) is 1. The van der Waals surface area contributed by atoms with Gasteiger partial charge in [0.1, 0.15) is 10.5 Å². The highest BCUT2D eigenvalue weighted by molar-refractivity contribution is 7.19. The Labute approximate surface area is 276 Å². The Morgan fingerprint density at radius 1 is 1.06 bits per heavy atom. The molecule has 12 nitrogen and oxygen atoms in total. The Hall–Kier alpha value is -4.14. The Kier molecular flexibility index (Phi) is 8.02. The van der Waals surface area contributed by atoms with Crippen LogP contribution in [0, 0.1) is 0 Å². The second kappa shape index (κ2) is 12.5. The van der Waals surface area contributed by atoms with Crippen LogP contribution in [0.1, 0.15) is 34.4 Å². The van der Waals surface area contributed by atoms with Crippen LogP contribution in [0.25, 0.3) is 21.3 Å². The van der Waals surface area contributed by atoms with Crippen molar-refractivity contribution in [2.75, 3.05) is 56.7 Å². The summed E-state index contributed by atoms with van der Waals surface area (Å²) in [5, 5.41) is 30.5. The van der Waals surface area contributed by atoms with E-state index < -0.39 is 6.23 Å². The Morgan fingerprint density at radius 2 is 1.89 bits per heavy atom. The molecule has 244 valence electrons. The largest absolute Gasteiger partial charge is 0.392 e. The lowest BCUT2D eigenvalue weighted by Gasteiger charge is -2.43. The van der Waals surface area contributed by atoms with Crippen molar-refractivity contribution in [2.24, 2.45) is 0 Å². The van der Waals surface area contributed by atoms with Crippen molar-refractivity contribution in [1.82, 2.24) is 29.5 Å². The fourth-order valence-electron chi connectivity index (χ4n) is 7.01. The molecule has 2 saturated heterocycles. The summed E-state index contributed by atoms with van der Waals surface area (Å²) in [6.07, 6.45) is 13.8. The fourth-order valence-corrected chi connectivity index (χ4v) is 8.29. The van der Waals surface area contributed by atoms with Crippen LogP contribution in [0.15, 0.2) is 59.7 Å². The van der Waals surface area contributed by atoms with E-state index in [1.807, 2.05) is 18.3 Å². The predicted octanol–water partition coefficient (Wildman–Crippen LogP) is 2.73. The third kappa shape index (κ3) is 5.51. The van der Waals surface area contributed by atoms with E-state index in [0.717, 1.165) is 76.1 Å². The van der Waals surface area contributed by atoms with Gasteiger partial charge in [0.25, 0.3) is 5.56 Å². The van der Waals surface area contributed by atoms with Crippen molar-refractivity contribution in [1.29, 1.82) is 0 Å². The number of nitrogens with zero attached hydrogens (tertiary/aromatic N) is 7. The lowest BCUT2D eigenvalue weighted by molar-refractivity contribution is -0.0660. The van der Waals surface area contributed by atoms with Crippen molar-refractivity contribution < 1.29 is 14.9 Å². The molecule has 0 aromatic carbocycles. The maximum atomic E-state index is 13.7. The summed E-state index contributed by atoms with van der Waals surface area (Å²) < 4.78 is 7.40. The number of allylic oxidation sites excluding steroid dienone is 2. The SMILES string of the molecule is CN1C=C(c2cncc(-n3ncc4c5c(sc4c3=O)CCCC5)c2CO)C=C(Nc2ccc(N3CCN(C4COC4)CC3)cn2)C1O. The Balaban J connectivity index is 1.05. The van der Waals surface area contributed by atoms with Crippen molar-refractivity contribution in [3.63, 3.8) is 0 Å². The van der Waals surface area contributed by atoms with Gasteiger partial charge in [0.2, 0.25) is 0 Å². The first-order valence-corrected chi connectivity index (χ1v) is 17.0. The van der Waals surface area contributed by atoms with Crippen LogP contribution in [0.2, 0.25) is 0 Å². The summed E-state index contributed by atoms with van der Waals surface area (Å²) in [6.45, 7) is 5.25. The van der Waals surface area contributed by atoms with E-state index in [2.05, 4.69) is 36.2 Å². The number of aromatic nitrogens is 4. The van der Waals surface area contributed by atoms with E-state index in [9.17, 15) is 15.0 Å². The van der Waals surface area contributed by atoms with Crippen molar-refractivity contribution in [3.05, 3.63) is 86.8 Å². The summed E-state index contributed by atoms with van der Waals surface area (Å²) in [5.74, 6) is 0.607. The van der Waals surface area contributed by atoms with Crippen molar-refractivity contribution in [2.45, 2.75) is 44.6 Å². The van der Waals surface area contributed by atoms with Gasteiger partial charge in [-0.15, -0.1) is 11.3 Å². The molecule has 0 bridgehead atoms. The van der Waals surface area contributed by atoms with Gasteiger partial charge < -0.3 is 30.1 Å². The number of hydrogen-bond acceptors (Lipinski definition) is 12. The van der Waals surface area contributed by atoms with Gasteiger partial charge in [-0.1, -0.05) is 0 Å². The molecule has 4 aromatic heterocycles. The number of fused-ring (bicyclic) bond motifs is 3. The number of piperazine rings is 1. The summed E-state index contributed by atoms with van der Waals surface area (Å²) in [4.78, 5) is 30.7. The summed E-state index contributed by atoms with van der Waals surface area (Å²) in [6, 6.07) is 4.53. The van der Waals surface area contributed by atoms with E-state index in [1.54, 1.807) is 48.1 Å². The molecular formula is C34H38N8O4S. The highest BCUT2D eigenvalue weighted by Gasteiger charge is 2.29. The van der Waals surface area contributed by atoms with Crippen molar-refractivity contribution in [3.8, 4) is 5.69 Å². The van der Waals surface area contributed by atoms with Gasteiger partial charge >= 0.3 is 0 Å². The standard InChI is InChI=1S/C34H38N8O4S/c1-39-17-21(12-28(33(39)44)38-31-7-6-22(13-36-31)40-8-10-41(11-9-40)23-19-46-20-23)25-14-35-16-29(27(25)18-43)42-34(45)32-26(15-37-42)24-4-2-3-5-30(24)47-32/h6-7,12-17,23,33,43-44H,2-5,8-11,18-20H2,1H3,(H,36,38). The van der Waals surface area contributed by atoms with Crippen LogP contribution in [0.5, 0.6) is 0 Å². The number of thiophene rings is 1. The van der Waals surface area contributed by atoms with Crippen LogP contribution in [0.4, 0.5) is 11.5 Å². The zero-order valence-corrected chi connectivity index (χ0v) is 27.1. The molecule has 0 saturated carbocycles. The number of aliphatic hydroxyl groups excluding tert-OH is 2. The Bertz CT molecular complexity index is 1920. The second-order valence-corrected chi connectivity index (χ2v) is 13.7. The zero-order chi connectivity index (χ0) is 32.1. The number of aryl methyl sites for hydroxylation is 2. The molecule has 13 heteroatoms. The molecule has 4 aromatic rings. The second-order valence-electron chi connectivity index (χ2n) is 12.6. The molecule has 0 spiro atoms. The molecule has 1 atom stereocenters. The number of nitrogens with one attached hydrogen (secondary N) is 1. The first-order chi connectivity index (χ1) is 23.0. The van der Waals surface area contributed by atoms with Gasteiger partial charge in [-0.3, -0.25) is 14.7 Å². The van der Waals surface area contributed by atoms with E-state index in [4.69, 9.17) is 4.74 Å². The van der Waals surface area contributed by atoms with E-state index >= 15 is 0 Å². The van der Waals surface area contributed by atoms with E-state index in [1.165, 1.54) is 15.1 Å². The molecule has 47 heavy (non-hydrogen) atoms. The molecule has 3 N–H and O–H groups in total. The minimum absolute atomic E-state index is 0.206. The van der Waals surface area contributed by atoms with Crippen LogP contribution in [0.3, 0.4) is 0 Å². The molecule has 1 unspecified atom stereocenters. The number of hydrogen-bond donors (Lipinski definition) is 3. The zero-order valence-electron chi connectivity index (χ0n) is 26.3. The molecule has 0 radical (unpaired) electrons. The predicted molar refractivity (Wildman–Crippen MR) is 182 cm³/mol. The first-order valence-electron chi connectivity index (χ1n) is 16.2. The molecule has 0 amide bonds. The number of ether oxygens (including phenoxy) is 1. The van der Waals surface area contributed by atoms with Gasteiger partial charge in [-0.05, 0) is 49.5 Å². The average Bonchev–Trinajstić information content (AvgIpc) is 3.46. The van der Waals surface area contributed by atoms with Crippen LogP contribution < -0.4 is 15.8 Å². The van der Waals surface area contributed by atoms with Gasteiger partial charge in [-0.2, -0.15) is 9.78 Å². The molecule has 7 heterocycles. The topological polar surface area (TPSA) is 132 Å². The van der Waals surface area contributed by atoms with Crippen LogP contribution in [-0.4, -0.2) is 98.5 Å². The van der Waals surface area contributed by atoms with Gasteiger partial charge in [-0.25, -0.2) is 4.98 Å². The van der Waals surface area contributed by atoms with Gasteiger partial charge in [0.05, 0.1) is 61.5 Å². The lowest BCUT2D eigenvalue weighted by atomic mass is 9.97. The van der Waals surface area contributed by atoms with Crippen LogP contribution >= 0.6 is 11.3 Å². The third-order valence-corrected chi connectivity index (χ3v) is 11.1. The Morgan fingerprint density at radius 3 is 2.64 bits per heavy atom. The fraction of sp³-hybridized carbons (Fsp3) is 0.412. The maximum absolute atomic E-state index is 13.7. The molecule has 4 aliphatic rings. The summed E-state index contributed by atoms with van der Waals surface area (Å²) in [7, 11) is 1.78. The number of aliphatic hydroxyl groups is 2. The monoisotopic (exact) mass is 654 g/mol. The molecular weight excluding hydrogens is 616 g/mol. The molecule has 1 aliphatic carbocycles. The molecule has 8 rings (SSSR count). The minimum Gasteiger partial charge on any atom is -0.392 e. The maximum Gasteiger partial charge on any atom is 0.289 e. The van der Waals surface area contributed by atoms with Gasteiger partial charge in [0.15, 0.2) is 6.23 Å². The first kappa shape index (κ1) is 30.2. The molecule has 2 fully saturated rings. The number of rotatable bonds is 7. The summed E-state index contributed by atoms with van der Waals surface area (Å²) in [5.41, 5.74) is 4.94. The normalized spacial score (nSPS) is 20.5. The van der Waals surface area contributed by atoms with Crippen molar-refractivity contribution >= 4 is 38.5 Å². The third-order valence-electron chi connectivity index (χ3n) is 9.79. The average molecular weight is 655 g/mol. The highest BCUT2D eigenvalue weighted by atomic mass is 32.1. The quantitative estimate of drug-likeness (QED) is 0.272. The van der Waals surface area contributed by atoms with E-state index in [-0.39, 0.29) is 12.2 Å². The van der Waals surface area contributed by atoms with Crippen LogP contribution in [-0.2, 0) is 24.2 Å². The summed E-state index contributed by atoms with van der Waals surface area (Å²) >= 11 is 1.56. The number of anilines is 2. The minimum atomic E-state index is -0.936. The number of pyridine rings is 2.